The highest BCUT2D eigenvalue weighted by Gasteiger charge is 2.23. The van der Waals surface area contributed by atoms with Crippen LogP contribution >= 0.6 is 0 Å². The minimum Gasteiger partial charge on any atom is -0.352 e. The molecule has 1 atom stereocenters. The van der Waals surface area contributed by atoms with Gasteiger partial charge in [0.1, 0.15) is 0 Å². The highest BCUT2D eigenvalue weighted by molar-refractivity contribution is 5.78. The van der Waals surface area contributed by atoms with Crippen LogP contribution in [-0.4, -0.2) is 5.91 Å². The van der Waals surface area contributed by atoms with Crippen molar-refractivity contribution < 1.29 is 4.79 Å². The molecule has 2 nitrogen and oxygen atoms in total. The van der Waals surface area contributed by atoms with Crippen molar-refractivity contribution in [1.82, 2.24) is 5.32 Å². The number of hydrogen-bond acceptors (Lipinski definition) is 1. The number of rotatable bonds is 1. The van der Waals surface area contributed by atoms with Gasteiger partial charge in [-0.05, 0) is 23.6 Å². The maximum atomic E-state index is 11.9. The summed E-state index contributed by atoms with van der Waals surface area (Å²) in [4.78, 5) is 11.9. The Bertz CT molecular complexity index is 618. The van der Waals surface area contributed by atoms with Gasteiger partial charge < -0.3 is 5.32 Å². The minimum absolute atomic E-state index is 0.128. The zero-order valence-electron chi connectivity index (χ0n) is 11.0. The Kier molecular flexibility index (Phi) is 3.08. The van der Waals surface area contributed by atoms with Crippen LogP contribution < -0.4 is 5.32 Å². The number of carbonyl (C=O) groups is 1. The lowest BCUT2D eigenvalue weighted by molar-refractivity contribution is -0.121. The van der Waals surface area contributed by atoms with Crippen molar-refractivity contribution in [3.8, 4) is 0 Å². The lowest BCUT2D eigenvalue weighted by Gasteiger charge is -2.17. The normalized spacial score (nSPS) is 18.4. The number of amides is 1. The highest BCUT2D eigenvalue weighted by atomic mass is 16.1. The molecule has 0 saturated carbocycles. The third-order valence-corrected chi connectivity index (χ3v) is 3.74. The molecular formula is C17H17NO. The Labute approximate surface area is 113 Å². The van der Waals surface area contributed by atoms with Crippen LogP contribution in [0.3, 0.4) is 0 Å². The third-order valence-electron chi connectivity index (χ3n) is 3.74. The van der Waals surface area contributed by atoms with E-state index in [0.717, 1.165) is 0 Å². The van der Waals surface area contributed by atoms with E-state index in [4.69, 9.17) is 0 Å². The van der Waals surface area contributed by atoms with E-state index in [0.29, 0.717) is 13.0 Å². The van der Waals surface area contributed by atoms with Gasteiger partial charge in [-0.15, -0.1) is 0 Å². The van der Waals surface area contributed by atoms with Crippen LogP contribution in [0.4, 0.5) is 0 Å². The van der Waals surface area contributed by atoms with E-state index in [1.807, 2.05) is 6.07 Å². The maximum absolute atomic E-state index is 11.9. The average molecular weight is 251 g/mol. The second-order valence-electron chi connectivity index (χ2n) is 5.15. The van der Waals surface area contributed by atoms with Gasteiger partial charge in [0.05, 0.1) is 0 Å². The SMILES string of the molecule is Cc1cccc(C2CC(=O)NCc3ccccc32)c1. The molecule has 0 spiro atoms. The first-order chi connectivity index (χ1) is 9.24. The summed E-state index contributed by atoms with van der Waals surface area (Å²) in [5.41, 5.74) is 4.95. The minimum atomic E-state index is 0.128. The summed E-state index contributed by atoms with van der Waals surface area (Å²) >= 11 is 0. The fourth-order valence-corrected chi connectivity index (χ4v) is 2.78. The first-order valence-electron chi connectivity index (χ1n) is 6.65. The van der Waals surface area contributed by atoms with Crippen molar-refractivity contribution in [3.63, 3.8) is 0 Å². The number of benzene rings is 2. The largest absolute Gasteiger partial charge is 0.352 e. The molecule has 0 saturated heterocycles. The lowest BCUT2D eigenvalue weighted by Crippen LogP contribution is -2.21. The Morgan fingerprint density at radius 3 is 2.79 bits per heavy atom. The van der Waals surface area contributed by atoms with E-state index in [1.165, 1.54) is 22.3 Å². The smallest absolute Gasteiger partial charge is 0.221 e. The predicted octanol–water partition coefficient (Wildman–Crippen LogP) is 3.15. The molecule has 2 aromatic rings. The molecular weight excluding hydrogens is 234 g/mol. The average Bonchev–Trinajstić information content (AvgIpc) is 2.59. The zero-order valence-corrected chi connectivity index (χ0v) is 11.0. The second kappa shape index (κ2) is 4.88. The van der Waals surface area contributed by atoms with Gasteiger partial charge in [0.2, 0.25) is 5.91 Å². The molecule has 1 amide bonds. The van der Waals surface area contributed by atoms with Crippen molar-refractivity contribution in [2.24, 2.45) is 0 Å². The zero-order chi connectivity index (χ0) is 13.2. The Morgan fingerprint density at radius 2 is 1.95 bits per heavy atom. The molecule has 96 valence electrons. The van der Waals surface area contributed by atoms with Crippen LogP contribution in [0.2, 0.25) is 0 Å². The molecule has 0 fully saturated rings. The van der Waals surface area contributed by atoms with E-state index in [9.17, 15) is 4.79 Å². The summed E-state index contributed by atoms with van der Waals surface area (Å²) in [6.07, 6.45) is 0.528. The summed E-state index contributed by atoms with van der Waals surface area (Å²) in [5, 5.41) is 2.98. The summed E-state index contributed by atoms with van der Waals surface area (Å²) in [5.74, 6) is 0.293. The molecule has 1 aliphatic rings. The van der Waals surface area contributed by atoms with E-state index >= 15 is 0 Å². The van der Waals surface area contributed by atoms with Crippen LogP contribution in [0.15, 0.2) is 48.5 Å². The number of nitrogens with one attached hydrogen (secondary N) is 1. The third kappa shape index (κ3) is 2.39. The van der Waals surface area contributed by atoms with E-state index in [2.05, 4.69) is 54.7 Å². The summed E-state index contributed by atoms with van der Waals surface area (Å²) in [7, 11) is 0. The molecule has 3 rings (SSSR count). The first kappa shape index (κ1) is 12.0. The standard InChI is InChI=1S/C17H17NO/c1-12-5-4-7-13(9-12)16-10-17(19)18-11-14-6-2-3-8-15(14)16/h2-9,16H,10-11H2,1H3,(H,18,19). The van der Waals surface area contributed by atoms with Crippen LogP contribution in [0.1, 0.15) is 34.6 Å². The quantitative estimate of drug-likeness (QED) is 0.828. The molecule has 1 N–H and O–H groups in total. The molecule has 0 bridgehead atoms. The van der Waals surface area contributed by atoms with Gasteiger partial charge in [-0.25, -0.2) is 0 Å². The predicted molar refractivity (Wildman–Crippen MR) is 75.9 cm³/mol. The molecule has 1 unspecified atom stereocenters. The van der Waals surface area contributed by atoms with Gasteiger partial charge >= 0.3 is 0 Å². The van der Waals surface area contributed by atoms with Crippen LogP contribution in [-0.2, 0) is 11.3 Å². The lowest BCUT2D eigenvalue weighted by atomic mass is 9.86. The van der Waals surface area contributed by atoms with Crippen LogP contribution in [0.5, 0.6) is 0 Å². The van der Waals surface area contributed by atoms with Crippen molar-refractivity contribution in [3.05, 3.63) is 70.8 Å². The van der Waals surface area contributed by atoms with Crippen molar-refractivity contribution in [1.29, 1.82) is 0 Å². The van der Waals surface area contributed by atoms with Gasteiger partial charge in [0, 0.05) is 18.9 Å². The number of carbonyl (C=O) groups excluding carboxylic acids is 1. The van der Waals surface area contributed by atoms with Gasteiger partial charge in [0.15, 0.2) is 0 Å². The summed E-state index contributed by atoms with van der Waals surface area (Å²) in [6, 6.07) is 16.8. The van der Waals surface area contributed by atoms with Gasteiger partial charge in [-0.3, -0.25) is 4.79 Å². The molecule has 1 aliphatic heterocycles. The molecule has 0 radical (unpaired) electrons. The second-order valence-corrected chi connectivity index (χ2v) is 5.15. The van der Waals surface area contributed by atoms with E-state index in [-0.39, 0.29) is 11.8 Å². The number of hydrogen-bond donors (Lipinski definition) is 1. The molecule has 0 aromatic heterocycles. The molecule has 2 heteroatoms. The Hall–Kier alpha value is -2.09. The first-order valence-corrected chi connectivity index (χ1v) is 6.65. The molecule has 19 heavy (non-hydrogen) atoms. The molecule has 2 aromatic carbocycles. The van der Waals surface area contributed by atoms with Crippen molar-refractivity contribution in [2.75, 3.05) is 0 Å². The van der Waals surface area contributed by atoms with Gasteiger partial charge in [0.25, 0.3) is 0 Å². The van der Waals surface area contributed by atoms with Gasteiger partial charge in [-0.1, -0.05) is 54.1 Å². The van der Waals surface area contributed by atoms with Crippen molar-refractivity contribution in [2.45, 2.75) is 25.8 Å². The van der Waals surface area contributed by atoms with E-state index in [1.54, 1.807) is 0 Å². The molecule has 1 heterocycles. The van der Waals surface area contributed by atoms with E-state index < -0.39 is 0 Å². The Morgan fingerprint density at radius 1 is 1.11 bits per heavy atom. The van der Waals surface area contributed by atoms with Crippen molar-refractivity contribution >= 4 is 5.91 Å². The fourth-order valence-electron chi connectivity index (χ4n) is 2.78. The highest BCUT2D eigenvalue weighted by Crippen LogP contribution is 2.32. The maximum Gasteiger partial charge on any atom is 0.221 e. The summed E-state index contributed by atoms with van der Waals surface area (Å²) < 4.78 is 0. The van der Waals surface area contributed by atoms with Crippen LogP contribution in [0.25, 0.3) is 0 Å². The van der Waals surface area contributed by atoms with Crippen LogP contribution in [0, 0.1) is 6.92 Å². The fraction of sp³-hybridized carbons (Fsp3) is 0.235. The number of fused-ring (bicyclic) bond motifs is 1. The molecule has 0 aliphatic carbocycles. The summed E-state index contributed by atoms with van der Waals surface area (Å²) in [6.45, 7) is 2.73. The van der Waals surface area contributed by atoms with Gasteiger partial charge in [-0.2, -0.15) is 0 Å². The topological polar surface area (TPSA) is 29.1 Å². The number of aryl methyl sites for hydroxylation is 1. The monoisotopic (exact) mass is 251 g/mol. The Balaban J connectivity index is 2.10.